The Bertz CT molecular complexity index is 697. The number of rotatable bonds is 6. The van der Waals surface area contributed by atoms with Gasteiger partial charge in [0.1, 0.15) is 0 Å². The zero-order valence-electron chi connectivity index (χ0n) is 15.2. The van der Waals surface area contributed by atoms with Gasteiger partial charge in [-0.3, -0.25) is 9.69 Å². The molecule has 4 nitrogen and oxygen atoms in total. The minimum atomic E-state index is 0.0163. The lowest BCUT2D eigenvalue weighted by Gasteiger charge is -2.35. The molecule has 0 spiro atoms. The minimum absolute atomic E-state index is 0.0163. The van der Waals surface area contributed by atoms with E-state index in [4.69, 9.17) is 0 Å². The molecular weight excluding hydrogens is 390 g/mol. The largest absolute Gasteiger partial charge is 0.348 e. The van der Waals surface area contributed by atoms with Crippen molar-refractivity contribution in [3.05, 3.63) is 70.2 Å². The molecule has 1 heterocycles. The van der Waals surface area contributed by atoms with Crippen LogP contribution in [0.3, 0.4) is 0 Å². The van der Waals surface area contributed by atoms with Gasteiger partial charge in [-0.2, -0.15) is 0 Å². The van der Waals surface area contributed by atoms with Gasteiger partial charge in [0.05, 0.1) is 12.5 Å². The van der Waals surface area contributed by atoms with Crippen molar-refractivity contribution in [3.63, 3.8) is 0 Å². The van der Waals surface area contributed by atoms with E-state index < -0.39 is 0 Å². The molecular formula is C21H26BrN3O. The summed E-state index contributed by atoms with van der Waals surface area (Å²) in [5, 5.41) is 3.25. The first-order chi connectivity index (χ1) is 12.6. The molecule has 2 aromatic rings. The van der Waals surface area contributed by atoms with Crippen molar-refractivity contribution >= 4 is 21.8 Å². The molecule has 1 amide bonds. The monoisotopic (exact) mass is 415 g/mol. The maximum Gasteiger partial charge on any atom is 0.224 e. The number of nitrogens with zero attached hydrogens (tertiary/aromatic N) is 2. The van der Waals surface area contributed by atoms with Crippen molar-refractivity contribution in [2.75, 3.05) is 39.8 Å². The fraction of sp³-hybridized carbons (Fsp3) is 0.381. The quantitative estimate of drug-likeness (QED) is 0.786. The highest BCUT2D eigenvalue weighted by molar-refractivity contribution is 9.10. The van der Waals surface area contributed by atoms with Crippen LogP contribution in [-0.2, 0) is 11.2 Å². The average Bonchev–Trinajstić information content (AvgIpc) is 2.65. The first kappa shape index (κ1) is 19.1. The molecule has 1 fully saturated rings. The number of benzene rings is 2. The second-order valence-electron chi connectivity index (χ2n) is 6.94. The lowest BCUT2D eigenvalue weighted by molar-refractivity contribution is -0.121. The Morgan fingerprint density at radius 3 is 2.35 bits per heavy atom. The van der Waals surface area contributed by atoms with Crippen LogP contribution in [0.1, 0.15) is 17.2 Å². The van der Waals surface area contributed by atoms with Gasteiger partial charge in [-0.05, 0) is 30.3 Å². The zero-order chi connectivity index (χ0) is 18.4. The van der Waals surface area contributed by atoms with Crippen LogP contribution in [-0.4, -0.2) is 55.5 Å². The summed E-state index contributed by atoms with van der Waals surface area (Å²) >= 11 is 3.43. The van der Waals surface area contributed by atoms with Gasteiger partial charge in [-0.25, -0.2) is 0 Å². The third-order valence-electron chi connectivity index (χ3n) is 4.85. The van der Waals surface area contributed by atoms with E-state index in [-0.39, 0.29) is 11.9 Å². The summed E-state index contributed by atoms with van der Waals surface area (Å²) in [5.41, 5.74) is 2.19. The van der Waals surface area contributed by atoms with Crippen molar-refractivity contribution in [2.24, 2.45) is 0 Å². The third kappa shape index (κ3) is 5.66. The molecule has 1 saturated heterocycles. The van der Waals surface area contributed by atoms with Gasteiger partial charge in [0.2, 0.25) is 5.91 Å². The normalized spacial score (nSPS) is 17.0. The van der Waals surface area contributed by atoms with Gasteiger partial charge in [0.25, 0.3) is 0 Å². The molecule has 2 aromatic carbocycles. The van der Waals surface area contributed by atoms with Gasteiger partial charge in [-0.1, -0.05) is 58.4 Å². The van der Waals surface area contributed by atoms with Crippen molar-refractivity contribution in [2.45, 2.75) is 12.5 Å². The summed E-state index contributed by atoms with van der Waals surface area (Å²) in [7, 11) is 2.16. The lowest BCUT2D eigenvalue weighted by Crippen LogP contribution is -2.48. The number of nitrogens with one attached hydrogen (secondary N) is 1. The molecule has 0 aromatic heterocycles. The minimum Gasteiger partial charge on any atom is -0.348 e. The van der Waals surface area contributed by atoms with E-state index in [1.807, 2.05) is 42.5 Å². The van der Waals surface area contributed by atoms with E-state index in [1.165, 1.54) is 0 Å². The van der Waals surface area contributed by atoms with E-state index in [2.05, 4.69) is 50.2 Å². The van der Waals surface area contributed by atoms with Crippen LogP contribution in [0, 0.1) is 0 Å². The van der Waals surface area contributed by atoms with Crippen molar-refractivity contribution in [3.8, 4) is 0 Å². The Balaban J connectivity index is 1.65. The Hall–Kier alpha value is -1.69. The molecule has 0 aliphatic carbocycles. The van der Waals surface area contributed by atoms with E-state index in [0.717, 1.165) is 48.3 Å². The Morgan fingerprint density at radius 2 is 1.69 bits per heavy atom. The fourth-order valence-electron chi connectivity index (χ4n) is 3.24. The zero-order valence-corrected chi connectivity index (χ0v) is 16.8. The number of halogens is 1. The lowest BCUT2D eigenvalue weighted by atomic mass is 10.0. The van der Waals surface area contributed by atoms with Crippen LogP contribution in [0.5, 0.6) is 0 Å². The van der Waals surface area contributed by atoms with Crippen molar-refractivity contribution < 1.29 is 4.79 Å². The number of carbonyl (C=O) groups is 1. The van der Waals surface area contributed by atoms with E-state index in [0.29, 0.717) is 6.42 Å². The molecule has 1 N–H and O–H groups in total. The summed E-state index contributed by atoms with van der Waals surface area (Å²) in [6, 6.07) is 18.2. The van der Waals surface area contributed by atoms with Gasteiger partial charge < -0.3 is 10.2 Å². The highest BCUT2D eigenvalue weighted by Crippen LogP contribution is 2.16. The summed E-state index contributed by atoms with van der Waals surface area (Å²) in [5.74, 6) is 0.0651. The number of amides is 1. The Morgan fingerprint density at radius 1 is 1.04 bits per heavy atom. The summed E-state index contributed by atoms with van der Waals surface area (Å²) in [6.07, 6.45) is 0.402. The predicted molar refractivity (Wildman–Crippen MR) is 109 cm³/mol. The second kappa shape index (κ2) is 9.31. The van der Waals surface area contributed by atoms with Crippen molar-refractivity contribution in [1.29, 1.82) is 0 Å². The Kier molecular flexibility index (Phi) is 6.83. The molecule has 5 heteroatoms. The number of piperazine rings is 1. The number of hydrogen-bond acceptors (Lipinski definition) is 3. The van der Waals surface area contributed by atoms with Gasteiger partial charge >= 0.3 is 0 Å². The van der Waals surface area contributed by atoms with Gasteiger partial charge in [-0.15, -0.1) is 0 Å². The summed E-state index contributed by atoms with van der Waals surface area (Å²) in [6.45, 7) is 5.09. The highest BCUT2D eigenvalue weighted by atomic mass is 79.9. The number of carbonyl (C=O) groups excluding carboxylic acids is 1. The third-order valence-corrected chi connectivity index (χ3v) is 5.38. The average molecular weight is 416 g/mol. The molecule has 1 aliphatic rings. The molecule has 3 rings (SSSR count). The van der Waals surface area contributed by atoms with E-state index in [1.54, 1.807) is 0 Å². The molecule has 0 bridgehead atoms. The highest BCUT2D eigenvalue weighted by Gasteiger charge is 2.21. The Labute approximate surface area is 164 Å². The first-order valence-corrected chi connectivity index (χ1v) is 9.89. The van der Waals surface area contributed by atoms with Crippen LogP contribution in [0.25, 0.3) is 0 Å². The maximum absolute atomic E-state index is 12.6. The molecule has 26 heavy (non-hydrogen) atoms. The van der Waals surface area contributed by atoms with Crippen LogP contribution >= 0.6 is 15.9 Å². The van der Waals surface area contributed by atoms with Crippen LogP contribution in [0.4, 0.5) is 0 Å². The standard InChI is InChI=1S/C21H26BrN3O/c1-24-11-13-25(14-12-24)16-20(18-5-3-2-4-6-18)23-21(26)15-17-7-9-19(22)10-8-17/h2-10,20H,11-16H2,1H3,(H,23,26). The molecule has 1 atom stereocenters. The molecule has 0 saturated carbocycles. The summed E-state index contributed by atoms with van der Waals surface area (Å²) in [4.78, 5) is 17.4. The maximum atomic E-state index is 12.6. The second-order valence-corrected chi connectivity index (χ2v) is 7.85. The van der Waals surface area contributed by atoms with Gasteiger partial charge in [0.15, 0.2) is 0 Å². The number of likely N-dealkylation sites (N-methyl/N-ethyl adjacent to an activating group) is 1. The SMILES string of the molecule is CN1CCN(CC(NC(=O)Cc2ccc(Br)cc2)c2ccccc2)CC1. The number of hydrogen-bond donors (Lipinski definition) is 1. The molecule has 1 unspecified atom stereocenters. The van der Waals surface area contributed by atoms with Crippen molar-refractivity contribution in [1.82, 2.24) is 15.1 Å². The first-order valence-electron chi connectivity index (χ1n) is 9.10. The van der Waals surface area contributed by atoms with E-state index in [9.17, 15) is 4.79 Å². The van der Waals surface area contributed by atoms with Crippen LogP contribution in [0.15, 0.2) is 59.1 Å². The van der Waals surface area contributed by atoms with Crippen LogP contribution in [0.2, 0.25) is 0 Å². The topological polar surface area (TPSA) is 35.6 Å². The van der Waals surface area contributed by atoms with Crippen LogP contribution < -0.4 is 5.32 Å². The molecule has 1 aliphatic heterocycles. The fourth-order valence-corrected chi connectivity index (χ4v) is 3.51. The molecule has 0 radical (unpaired) electrons. The smallest absolute Gasteiger partial charge is 0.224 e. The van der Waals surface area contributed by atoms with E-state index >= 15 is 0 Å². The van der Waals surface area contributed by atoms with Gasteiger partial charge in [0, 0.05) is 37.2 Å². The predicted octanol–water partition coefficient (Wildman–Crippen LogP) is 3.10. The molecule has 138 valence electrons. The summed E-state index contributed by atoms with van der Waals surface area (Å²) < 4.78 is 1.03.